The lowest BCUT2D eigenvalue weighted by atomic mass is 10.1. The van der Waals surface area contributed by atoms with Gasteiger partial charge in [-0.15, -0.1) is 11.6 Å². The minimum atomic E-state index is -0.982. The van der Waals surface area contributed by atoms with Crippen LogP contribution in [-0.2, 0) is 4.79 Å². The molecule has 1 aliphatic heterocycles. The van der Waals surface area contributed by atoms with E-state index in [4.69, 9.17) is 11.6 Å². The van der Waals surface area contributed by atoms with Gasteiger partial charge in [-0.1, -0.05) is 6.42 Å². The second-order valence-electron chi connectivity index (χ2n) is 4.29. The van der Waals surface area contributed by atoms with Gasteiger partial charge in [0.25, 0.3) is 11.7 Å². The molecule has 1 amide bonds. The average molecular weight is 288 g/mol. The smallest absolute Gasteiger partial charge is 0.299 e. The van der Waals surface area contributed by atoms with E-state index in [1.54, 1.807) is 0 Å². The van der Waals surface area contributed by atoms with Crippen LogP contribution in [0.25, 0.3) is 0 Å². The number of halogens is 3. The Hall–Kier alpha value is -1.49. The van der Waals surface area contributed by atoms with Crippen LogP contribution in [0.1, 0.15) is 29.6 Å². The molecule has 2 rings (SSSR count). The molecule has 0 aliphatic carbocycles. The first-order valence-electron chi connectivity index (χ1n) is 5.98. The van der Waals surface area contributed by atoms with Crippen LogP contribution in [0.3, 0.4) is 0 Å². The number of benzene rings is 1. The average Bonchev–Trinajstić information content (AvgIpc) is 2.65. The van der Waals surface area contributed by atoms with Gasteiger partial charge in [-0.05, 0) is 25.0 Å². The number of ketones is 1. The van der Waals surface area contributed by atoms with Crippen molar-refractivity contribution in [2.75, 3.05) is 17.3 Å². The summed E-state index contributed by atoms with van der Waals surface area (Å²) in [5.74, 6) is -2.97. The van der Waals surface area contributed by atoms with Crippen molar-refractivity contribution in [3.05, 3.63) is 29.3 Å². The van der Waals surface area contributed by atoms with Crippen molar-refractivity contribution in [1.29, 1.82) is 0 Å². The molecule has 0 N–H and O–H groups in total. The van der Waals surface area contributed by atoms with Gasteiger partial charge in [-0.25, -0.2) is 8.78 Å². The molecule has 1 aliphatic rings. The van der Waals surface area contributed by atoms with Gasteiger partial charge in [0.2, 0.25) is 0 Å². The summed E-state index contributed by atoms with van der Waals surface area (Å²) < 4.78 is 27.2. The van der Waals surface area contributed by atoms with Crippen LogP contribution >= 0.6 is 11.6 Å². The third-order valence-electron chi connectivity index (χ3n) is 3.03. The molecule has 0 unspecified atom stereocenters. The van der Waals surface area contributed by atoms with E-state index in [9.17, 15) is 18.4 Å². The molecular weight excluding hydrogens is 276 g/mol. The maximum Gasteiger partial charge on any atom is 0.299 e. The van der Waals surface area contributed by atoms with Crippen LogP contribution in [0.4, 0.5) is 14.5 Å². The SMILES string of the molecule is O=C1C(=O)N(CCCCCCl)c2c(F)ccc(F)c21. The summed E-state index contributed by atoms with van der Waals surface area (Å²) in [4.78, 5) is 24.4. The molecule has 0 saturated heterocycles. The zero-order valence-electron chi connectivity index (χ0n) is 10.1. The van der Waals surface area contributed by atoms with Crippen LogP contribution in [0.5, 0.6) is 0 Å². The molecule has 1 heterocycles. The Morgan fingerprint density at radius 1 is 1.05 bits per heavy atom. The maximum atomic E-state index is 13.7. The Kier molecular flexibility index (Phi) is 4.14. The normalized spacial score (nSPS) is 14.2. The molecule has 0 fully saturated rings. The number of alkyl halides is 1. The van der Waals surface area contributed by atoms with E-state index in [0.717, 1.165) is 29.9 Å². The first-order chi connectivity index (χ1) is 9.07. The van der Waals surface area contributed by atoms with Crippen molar-refractivity contribution in [2.24, 2.45) is 0 Å². The molecule has 19 heavy (non-hydrogen) atoms. The summed E-state index contributed by atoms with van der Waals surface area (Å²) in [6.45, 7) is 0.189. The Balaban J connectivity index is 2.26. The summed E-state index contributed by atoms with van der Waals surface area (Å²) in [6.07, 6.45) is 2.12. The molecule has 0 aromatic heterocycles. The lowest BCUT2D eigenvalue weighted by Crippen LogP contribution is -2.31. The fraction of sp³-hybridized carbons (Fsp3) is 0.385. The molecule has 1 aromatic rings. The van der Waals surface area contributed by atoms with E-state index in [1.165, 1.54) is 0 Å². The number of hydrogen-bond acceptors (Lipinski definition) is 2. The minimum Gasteiger partial charge on any atom is -0.302 e. The van der Waals surface area contributed by atoms with E-state index < -0.39 is 28.9 Å². The molecule has 1 aromatic carbocycles. The Morgan fingerprint density at radius 3 is 2.42 bits per heavy atom. The van der Waals surface area contributed by atoms with Gasteiger partial charge in [-0.2, -0.15) is 0 Å². The minimum absolute atomic E-state index is 0.189. The van der Waals surface area contributed by atoms with Crippen LogP contribution in [0.2, 0.25) is 0 Å². The summed E-state index contributed by atoms with van der Waals surface area (Å²) in [7, 11) is 0. The molecule has 0 saturated carbocycles. The number of Topliss-reactive ketones (excluding diaryl/α,β-unsaturated/α-hetero) is 1. The third-order valence-corrected chi connectivity index (χ3v) is 3.30. The number of amides is 1. The molecule has 6 heteroatoms. The van der Waals surface area contributed by atoms with Crippen LogP contribution in [-0.4, -0.2) is 24.1 Å². The van der Waals surface area contributed by atoms with Crippen molar-refractivity contribution in [3.8, 4) is 0 Å². The van der Waals surface area contributed by atoms with Gasteiger partial charge >= 0.3 is 0 Å². The van der Waals surface area contributed by atoms with E-state index in [2.05, 4.69) is 0 Å². The van der Waals surface area contributed by atoms with Gasteiger partial charge in [0.15, 0.2) is 0 Å². The molecule has 0 bridgehead atoms. The van der Waals surface area contributed by atoms with Gasteiger partial charge in [0.05, 0.1) is 11.3 Å². The predicted molar refractivity (Wildman–Crippen MR) is 67.6 cm³/mol. The highest BCUT2D eigenvalue weighted by Crippen LogP contribution is 2.33. The molecule has 3 nitrogen and oxygen atoms in total. The monoisotopic (exact) mass is 287 g/mol. The predicted octanol–water partition coefficient (Wildman–Crippen LogP) is 2.90. The van der Waals surface area contributed by atoms with Gasteiger partial charge in [0.1, 0.15) is 11.6 Å². The molecule has 102 valence electrons. The second kappa shape index (κ2) is 5.65. The highest BCUT2D eigenvalue weighted by atomic mass is 35.5. The standard InChI is InChI=1S/C13H12ClF2NO2/c14-6-2-1-3-7-17-11-9(16)5-4-8(15)10(11)12(18)13(17)19/h4-5H,1-3,6-7H2. The van der Waals surface area contributed by atoms with Crippen LogP contribution in [0.15, 0.2) is 12.1 Å². The van der Waals surface area contributed by atoms with Crippen LogP contribution in [0, 0.1) is 11.6 Å². The van der Waals surface area contributed by atoms with Crippen molar-refractivity contribution in [2.45, 2.75) is 19.3 Å². The second-order valence-corrected chi connectivity index (χ2v) is 4.67. The fourth-order valence-corrected chi connectivity index (χ4v) is 2.30. The zero-order valence-corrected chi connectivity index (χ0v) is 10.8. The van der Waals surface area contributed by atoms with Gasteiger partial charge in [0, 0.05) is 12.4 Å². The first kappa shape index (κ1) is 13.9. The number of hydrogen-bond donors (Lipinski definition) is 0. The fourth-order valence-electron chi connectivity index (χ4n) is 2.11. The third kappa shape index (κ3) is 2.47. The topological polar surface area (TPSA) is 37.4 Å². The van der Waals surface area contributed by atoms with Crippen molar-refractivity contribution in [1.82, 2.24) is 0 Å². The summed E-state index contributed by atoms with van der Waals surface area (Å²) >= 11 is 5.53. The number of rotatable bonds is 5. The molecule has 0 atom stereocenters. The van der Waals surface area contributed by atoms with Crippen molar-refractivity contribution < 1.29 is 18.4 Å². The van der Waals surface area contributed by atoms with E-state index in [-0.39, 0.29) is 12.2 Å². The van der Waals surface area contributed by atoms with Gasteiger partial charge in [-0.3, -0.25) is 9.59 Å². The number of fused-ring (bicyclic) bond motifs is 1. The first-order valence-corrected chi connectivity index (χ1v) is 6.51. The quantitative estimate of drug-likeness (QED) is 0.474. The van der Waals surface area contributed by atoms with E-state index in [0.29, 0.717) is 12.3 Å². The van der Waals surface area contributed by atoms with E-state index in [1.807, 2.05) is 0 Å². The number of carbonyl (C=O) groups is 2. The lowest BCUT2D eigenvalue weighted by Gasteiger charge is -2.16. The van der Waals surface area contributed by atoms with Crippen LogP contribution < -0.4 is 4.90 Å². The number of carbonyl (C=O) groups excluding carboxylic acids is 2. The Morgan fingerprint density at radius 2 is 1.74 bits per heavy atom. The number of anilines is 1. The number of unbranched alkanes of at least 4 members (excludes halogenated alkanes) is 2. The maximum absolute atomic E-state index is 13.7. The largest absolute Gasteiger partial charge is 0.302 e. The Bertz CT molecular complexity index is 534. The summed E-state index contributed by atoms with van der Waals surface area (Å²) in [5, 5.41) is 0. The Labute approximate surface area is 114 Å². The summed E-state index contributed by atoms with van der Waals surface area (Å²) in [6, 6.07) is 1.78. The van der Waals surface area contributed by atoms with Gasteiger partial charge < -0.3 is 4.90 Å². The highest BCUT2D eigenvalue weighted by Gasteiger charge is 2.40. The molecule has 0 spiro atoms. The van der Waals surface area contributed by atoms with Crippen molar-refractivity contribution >= 4 is 29.0 Å². The zero-order chi connectivity index (χ0) is 14.0. The van der Waals surface area contributed by atoms with Crippen molar-refractivity contribution in [3.63, 3.8) is 0 Å². The molecule has 0 radical (unpaired) electrons. The van der Waals surface area contributed by atoms with E-state index >= 15 is 0 Å². The summed E-state index contributed by atoms with van der Waals surface area (Å²) in [5.41, 5.74) is -0.691. The lowest BCUT2D eigenvalue weighted by molar-refractivity contribution is -0.114. The molecular formula is C13H12ClF2NO2. The number of nitrogens with zero attached hydrogens (tertiary/aromatic N) is 1. The highest BCUT2D eigenvalue weighted by molar-refractivity contribution is 6.52.